The number of rotatable bonds is 7. The van der Waals surface area contributed by atoms with E-state index in [0.717, 1.165) is 68.6 Å². The number of likely N-dealkylation sites (tertiary alicyclic amines) is 3. The molecule has 1 aliphatic carbocycles. The number of carbonyl (C=O) groups is 3. The molecule has 5 aliphatic rings. The zero-order chi connectivity index (χ0) is 33.5. The van der Waals surface area contributed by atoms with E-state index < -0.39 is 5.60 Å². The van der Waals surface area contributed by atoms with Gasteiger partial charge >= 0.3 is 12.2 Å². The highest BCUT2D eigenvalue weighted by Gasteiger charge is 2.55. The SMILES string of the molecule is CC(C)(C)OC(=O)N1CC2CCC(C1)N2c1cccc(OC2CCC(CC(=O)N3CC4(C3)CN(C(=O)OCc3ccccc3)C4)CC2)c1. The largest absolute Gasteiger partial charge is 0.490 e. The fourth-order valence-electron chi connectivity index (χ4n) is 8.38. The molecule has 2 atom stereocenters. The summed E-state index contributed by atoms with van der Waals surface area (Å²) < 4.78 is 17.6. The maximum absolute atomic E-state index is 13.1. The first-order valence-electron chi connectivity index (χ1n) is 17.8. The van der Waals surface area contributed by atoms with Gasteiger partial charge in [0.25, 0.3) is 0 Å². The number of nitrogens with zero attached hydrogens (tertiary/aromatic N) is 4. The van der Waals surface area contributed by atoms with Crippen molar-refractivity contribution in [3.05, 3.63) is 60.2 Å². The second kappa shape index (κ2) is 13.2. The lowest BCUT2D eigenvalue weighted by atomic mass is 9.72. The van der Waals surface area contributed by atoms with Crippen LogP contribution in [0.1, 0.15) is 71.3 Å². The molecule has 4 saturated heterocycles. The standard InChI is InChI=1S/C38H50N4O6/c1-37(2,3)48-36(45)39-20-30-14-15-31(21-39)42(30)29-10-7-11-33(19-29)47-32-16-12-27(13-17-32)18-34(43)40-23-38(24-40)25-41(26-38)35(44)46-22-28-8-5-4-6-9-28/h4-11,19,27,30-32H,12-18,20-26H2,1-3H3. The first kappa shape index (κ1) is 32.6. The lowest BCUT2D eigenvalue weighted by Gasteiger charge is -2.59. The van der Waals surface area contributed by atoms with Gasteiger partial charge in [-0.3, -0.25) is 4.79 Å². The average Bonchev–Trinajstić information content (AvgIpc) is 3.28. The summed E-state index contributed by atoms with van der Waals surface area (Å²) in [6.07, 6.45) is 6.28. The van der Waals surface area contributed by atoms with E-state index in [-0.39, 0.29) is 48.3 Å². The molecule has 1 saturated carbocycles. The number of fused-ring (bicyclic) bond motifs is 2. The number of hydrogen-bond donors (Lipinski definition) is 0. The zero-order valence-corrected chi connectivity index (χ0v) is 28.6. The topological polar surface area (TPSA) is 91.9 Å². The number of anilines is 1. The van der Waals surface area contributed by atoms with Crippen molar-refractivity contribution in [2.75, 3.05) is 44.2 Å². The van der Waals surface area contributed by atoms with Gasteiger partial charge in [0.05, 0.1) is 6.10 Å². The molecule has 0 N–H and O–H groups in total. The maximum atomic E-state index is 13.1. The Morgan fingerprint density at radius 2 is 1.44 bits per heavy atom. The minimum atomic E-state index is -0.493. The van der Waals surface area contributed by atoms with Crippen LogP contribution < -0.4 is 9.64 Å². The Hall–Kier alpha value is -3.95. The summed E-state index contributed by atoms with van der Waals surface area (Å²) in [6, 6.07) is 18.7. The number of amides is 3. The second-order valence-electron chi connectivity index (χ2n) is 15.8. The molecule has 2 unspecified atom stereocenters. The molecule has 258 valence electrons. The summed E-state index contributed by atoms with van der Waals surface area (Å²) in [7, 11) is 0. The van der Waals surface area contributed by atoms with Crippen LogP contribution in [0.4, 0.5) is 15.3 Å². The summed E-state index contributed by atoms with van der Waals surface area (Å²) >= 11 is 0. The molecule has 4 aliphatic heterocycles. The number of hydrogen-bond acceptors (Lipinski definition) is 7. The van der Waals surface area contributed by atoms with Gasteiger partial charge in [-0.15, -0.1) is 0 Å². The highest BCUT2D eigenvalue weighted by atomic mass is 16.6. The minimum Gasteiger partial charge on any atom is -0.490 e. The molecule has 0 aromatic heterocycles. The van der Waals surface area contributed by atoms with Gasteiger partial charge in [0.1, 0.15) is 18.0 Å². The smallest absolute Gasteiger partial charge is 0.410 e. The van der Waals surface area contributed by atoms with Crippen molar-refractivity contribution in [2.24, 2.45) is 11.3 Å². The van der Waals surface area contributed by atoms with Crippen LogP contribution in [0.15, 0.2) is 54.6 Å². The third-order valence-electron chi connectivity index (χ3n) is 10.7. The maximum Gasteiger partial charge on any atom is 0.410 e. The summed E-state index contributed by atoms with van der Waals surface area (Å²) in [6.45, 7) is 10.2. The van der Waals surface area contributed by atoms with Crippen LogP contribution in [0.3, 0.4) is 0 Å². The van der Waals surface area contributed by atoms with Crippen molar-refractivity contribution in [1.29, 1.82) is 0 Å². The third kappa shape index (κ3) is 7.22. The molecule has 0 radical (unpaired) electrons. The van der Waals surface area contributed by atoms with Gasteiger partial charge < -0.3 is 33.8 Å². The van der Waals surface area contributed by atoms with Gasteiger partial charge in [-0.05, 0) is 82.9 Å². The zero-order valence-electron chi connectivity index (χ0n) is 28.6. The van der Waals surface area contributed by atoms with Gasteiger partial charge in [0.2, 0.25) is 5.91 Å². The number of benzene rings is 2. The highest BCUT2D eigenvalue weighted by molar-refractivity contribution is 5.78. The second-order valence-corrected chi connectivity index (χ2v) is 15.8. The van der Waals surface area contributed by atoms with E-state index in [0.29, 0.717) is 38.5 Å². The average molecular weight is 659 g/mol. The number of ether oxygens (including phenoxy) is 3. The third-order valence-corrected chi connectivity index (χ3v) is 10.7. The first-order valence-corrected chi connectivity index (χ1v) is 17.8. The Balaban J connectivity index is 0.818. The lowest BCUT2D eigenvalue weighted by molar-refractivity contribution is -0.157. The molecule has 2 aromatic rings. The molecule has 2 aromatic carbocycles. The summed E-state index contributed by atoms with van der Waals surface area (Å²) in [5, 5.41) is 0. The van der Waals surface area contributed by atoms with Crippen molar-refractivity contribution < 1.29 is 28.6 Å². The van der Waals surface area contributed by atoms with E-state index in [4.69, 9.17) is 14.2 Å². The fourth-order valence-corrected chi connectivity index (χ4v) is 8.38. The van der Waals surface area contributed by atoms with Crippen molar-refractivity contribution in [2.45, 2.75) is 96.1 Å². The Morgan fingerprint density at radius 1 is 0.771 bits per heavy atom. The predicted octanol–water partition coefficient (Wildman–Crippen LogP) is 6.08. The fraction of sp³-hybridized carbons (Fsp3) is 0.605. The minimum absolute atomic E-state index is 0.0483. The van der Waals surface area contributed by atoms with Gasteiger partial charge in [0.15, 0.2) is 0 Å². The van der Waals surface area contributed by atoms with E-state index in [1.54, 1.807) is 4.90 Å². The van der Waals surface area contributed by atoms with Crippen LogP contribution in [0, 0.1) is 11.3 Å². The molecule has 3 amide bonds. The quantitative estimate of drug-likeness (QED) is 0.356. The molecule has 10 nitrogen and oxygen atoms in total. The highest BCUT2D eigenvalue weighted by Crippen LogP contribution is 2.41. The Bertz CT molecular complexity index is 1460. The van der Waals surface area contributed by atoms with Crippen LogP contribution in [0.2, 0.25) is 0 Å². The van der Waals surface area contributed by atoms with Crippen LogP contribution in [0.25, 0.3) is 0 Å². The van der Waals surface area contributed by atoms with E-state index in [1.165, 1.54) is 0 Å². The van der Waals surface area contributed by atoms with E-state index in [1.807, 2.05) is 67.0 Å². The molecule has 4 heterocycles. The molecule has 7 rings (SSSR count). The van der Waals surface area contributed by atoms with Gasteiger partial charge in [-0.2, -0.15) is 0 Å². The molecular weight excluding hydrogens is 608 g/mol. The number of carbonyl (C=O) groups excluding carboxylic acids is 3. The van der Waals surface area contributed by atoms with Gasteiger partial charge in [0, 0.05) is 74.9 Å². The van der Waals surface area contributed by atoms with Gasteiger partial charge in [-0.1, -0.05) is 36.4 Å². The van der Waals surface area contributed by atoms with Crippen molar-refractivity contribution in [3.63, 3.8) is 0 Å². The van der Waals surface area contributed by atoms with Gasteiger partial charge in [-0.25, -0.2) is 9.59 Å². The van der Waals surface area contributed by atoms with E-state index in [9.17, 15) is 14.4 Å². The number of piperazine rings is 1. The van der Waals surface area contributed by atoms with Crippen LogP contribution in [-0.4, -0.2) is 95.9 Å². The molecule has 2 bridgehead atoms. The lowest BCUT2D eigenvalue weighted by Crippen LogP contribution is -2.73. The Kier molecular flexibility index (Phi) is 8.94. The van der Waals surface area contributed by atoms with Crippen LogP contribution in [0.5, 0.6) is 5.75 Å². The van der Waals surface area contributed by atoms with Crippen LogP contribution in [-0.2, 0) is 20.9 Å². The van der Waals surface area contributed by atoms with Crippen molar-refractivity contribution in [3.8, 4) is 5.75 Å². The van der Waals surface area contributed by atoms with Crippen LogP contribution >= 0.6 is 0 Å². The van der Waals surface area contributed by atoms with E-state index in [2.05, 4.69) is 23.1 Å². The Morgan fingerprint density at radius 3 is 2.10 bits per heavy atom. The van der Waals surface area contributed by atoms with E-state index >= 15 is 0 Å². The molecule has 5 fully saturated rings. The molecule has 1 spiro atoms. The Labute approximate surface area is 284 Å². The molecular formula is C38H50N4O6. The summed E-state index contributed by atoms with van der Waals surface area (Å²) in [5.74, 6) is 1.53. The monoisotopic (exact) mass is 658 g/mol. The molecule has 10 heteroatoms. The normalized spacial score (nSPS) is 26.1. The summed E-state index contributed by atoms with van der Waals surface area (Å²) in [4.78, 5) is 46.3. The van der Waals surface area contributed by atoms with Crippen molar-refractivity contribution in [1.82, 2.24) is 14.7 Å². The molecule has 48 heavy (non-hydrogen) atoms. The van der Waals surface area contributed by atoms with Crippen molar-refractivity contribution >= 4 is 23.8 Å². The predicted molar refractivity (Wildman–Crippen MR) is 182 cm³/mol. The first-order chi connectivity index (χ1) is 23.0. The summed E-state index contributed by atoms with van der Waals surface area (Å²) in [5.41, 5.74) is 1.69.